The first-order valence-corrected chi connectivity index (χ1v) is 28.3. The Hall–Kier alpha value is -4.98. The van der Waals surface area contributed by atoms with Gasteiger partial charge in [-0.05, 0) is 78.7 Å². The second kappa shape index (κ2) is 17.3. The molecule has 62 heavy (non-hydrogen) atoms. The van der Waals surface area contributed by atoms with Gasteiger partial charge in [-0.3, -0.25) is 0 Å². The minimum atomic E-state index is -2.41. The van der Waals surface area contributed by atoms with Crippen LogP contribution in [0.1, 0.15) is 62.7 Å². The molecule has 0 aliphatic carbocycles. The van der Waals surface area contributed by atoms with Gasteiger partial charge in [-0.1, -0.05) is 169 Å². The van der Waals surface area contributed by atoms with Crippen LogP contribution in [0, 0.1) is 19.0 Å². The number of benzene rings is 6. The molecule has 9 rings (SSSR count). The maximum Gasteiger partial charge on any atom is 0.128 e. The van der Waals surface area contributed by atoms with Gasteiger partial charge >= 0.3 is 0 Å². The molecule has 9 aromatic rings. The number of nitrogens with zero attached hydrogens (tertiary/aromatic N) is 2. The predicted octanol–water partition coefficient (Wildman–Crippen LogP) is 14.8. The molecule has 317 valence electrons. The van der Waals surface area contributed by atoms with Gasteiger partial charge in [0, 0.05) is 47.4 Å². The molecule has 0 aliphatic heterocycles. The van der Waals surface area contributed by atoms with Crippen molar-refractivity contribution in [2.45, 2.75) is 92.1 Å². The van der Waals surface area contributed by atoms with Crippen LogP contribution in [0.4, 0.5) is 0 Å². The van der Waals surface area contributed by atoms with Gasteiger partial charge in [-0.25, -0.2) is 0 Å². The van der Waals surface area contributed by atoms with Crippen molar-refractivity contribution < 1.29 is 30.0 Å². The third kappa shape index (κ3) is 8.94. The first kappa shape index (κ1) is 39.8. The Bertz CT molecular complexity index is 3230. The van der Waals surface area contributed by atoms with Crippen molar-refractivity contribution >= 4 is 70.0 Å². The average molecular weight is 1030 g/mol. The minimum absolute atomic E-state index is 0. The summed E-state index contributed by atoms with van der Waals surface area (Å²) in [6.07, 6.45) is 3.47. The number of pyridine rings is 2. The summed E-state index contributed by atoms with van der Waals surface area (Å²) < 4.78 is 41.2. The van der Waals surface area contributed by atoms with Crippen LogP contribution >= 0.6 is 0 Å². The topological polar surface area (TPSA) is 38.9 Å². The zero-order valence-electron chi connectivity index (χ0n) is 41.8. The molecule has 0 amide bonds. The van der Waals surface area contributed by atoms with Gasteiger partial charge in [-0.2, -0.15) is 0 Å². The van der Waals surface area contributed by atoms with E-state index in [1.807, 2.05) is 54.7 Å². The molecule has 0 bridgehead atoms. The second-order valence-corrected chi connectivity index (χ2v) is 29.8. The molecule has 0 aliphatic rings. The SMILES string of the molecule is C[Si](C)(C)c1ccc(-c2[c-]cccc2)nc1.[2H]c1cc([Si](C)(C)C)cc(C(C)C)c1-c1cc(-c2[c-]ccc3c2oc2c3ccc3c4ccc(C(C)(C)C)cc4ccc32)ncc1C([2H])([2H])[2H].[Ir]. The summed E-state index contributed by atoms with van der Waals surface area (Å²) in [6, 6.07) is 44.3. The van der Waals surface area contributed by atoms with Crippen LogP contribution in [0.2, 0.25) is 39.3 Å². The van der Waals surface area contributed by atoms with Gasteiger partial charge in [0.2, 0.25) is 0 Å². The largest absolute Gasteiger partial charge is 0.500 e. The molecule has 6 aromatic carbocycles. The third-order valence-electron chi connectivity index (χ3n) is 11.8. The summed E-state index contributed by atoms with van der Waals surface area (Å²) in [7, 11) is -2.96. The van der Waals surface area contributed by atoms with Gasteiger partial charge in [0.1, 0.15) is 5.58 Å². The van der Waals surface area contributed by atoms with E-state index in [2.05, 4.69) is 152 Å². The van der Waals surface area contributed by atoms with Crippen LogP contribution in [0.15, 0.2) is 132 Å². The van der Waals surface area contributed by atoms with E-state index in [1.165, 1.54) is 32.9 Å². The van der Waals surface area contributed by atoms with E-state index in [4.69, 9.17) is 13.5 Å². The summed E-state index contributed by atoms with van der Waals surface area (Å²) in [4.78, 5) is 9.23. The van der Waals surface area contributed by atoms with Crippen molar-refractivity contribution in [3.8, 4) is 33.6 Å². The maximum absolute atomic E-state index is 9.21. The Balaban J connectivity index is 0.000000322. The van der Waals surface area contributed by atoms with E-state index >= 15 is 0 Å². The molecule has 3 nitrogen and oxygen atoms in total. The van der Waals surface area contributed by atoms with Gasteiger partial charge < -0.3 is 14.4 Å². The van der Waals surface area contributed by atoms with Crippen LogP contribution in [-0.2, 0) is 25.5 Å². The summed E-state index contributed by atoms with van der Waals surface area (Å²) in [5.74, 6) is 0.0891. The molecule has 3 aromatic heterocycles. The molecule has 0 fully saturated rings. The zero-order valence-corrected chi connectivity index (χ0v) is 42.2. The molecule has 0 saturated heterocycles. The number of aromatic nitrogens is 2. The maximum atomic E-state index is 9.21. The van der Waals surface area contributed by atoms with Crippen LogP contribution in [0.3, 0.4) is 0 Å². The molecule has 0 saturated carbocycles. The smallest absolute Gasteiger partial charge is 0.128 e. The third-order valence-corrected chi connectivity index (χ3v) is 15.8. The standard InChI is InChI=1S/C42H42NOSi.C14H16NSi.Ir/c1-25(2)37-22-29(45(7,8)9)15-18-32(37)38-23-39(43-24-26(38)3)36-12-10-11-33-35-20-19-31-30-17-14-28(42(4,5)6)21-27(30)13-16-34(31)40(35)44-41(33)36;1-16(2,3)13-9-10-14(15-11-13)12-7-5-4-6-8-12;/h10-11,13-25H,1-9H3;4-7,9-11H,1-3H3;/q2*-1;/i3D3,18D;;. The van der Waals surface area contributed by atoms with Gasteiger partial charge in [0.25, 0.3) is 0 Å². The number of fused-ring (bicyclic) bond motifs is 7. The fourth-order valence-electron chi connectivity index (χ4n) is 7.99. The Kier molecular flexibility index (Phi) is 11.1. The average Bonchev–Trinajstić information content (AvgIpc) is 3.64. The summed E-state index contributed by atoms with van der Waals surface area (Å²) in [5.41, 5.74) is 8.35. The van der Waals surface area contributed by atoms with Crippen LogP contribution in [0.5, 0.6) is 0 Å². The summed E-state index contributed by atoms with van der Waals surface area (Å²) in [6.45, 7) is 22.3. The van der Waals surface area contributed by atoms with E-state index in [1.54, 1.807) is 0 Å². The first-order chi connectivity index (χ1) is 30.5. The molecule has 1 radical (unpaired) electrons. The molecule has 6 heteroatoms. The number of furan rings is 1. The number of hydrogen-bond donors (Lipinski definition) is 0. The number of hydrogen-bond acceptors (Lipinski definition) is 3. The Morgan fingerprint density at radius 3 is 2.00 bits per heavy atom. The number of aryl methyl sites for hydroxylation is 1. The predicted molar refractivity (Wildman–Crippen MR) is 268 cm³/mol. The van der Waals surface area contributed by atoms with Crippen molar-refractivity contribution in [1.82, 2.24) is 9.97 Å². The van der Waals surface area contributed by atoms with E-state index in [9.17, 15) is 1.37 Å². The van der Waals surface area contributed by atoms with Crippen LogP contribution in [-0.4, -0.2) is 26.1 Å². The van der Waals surface area contributed by atoms with E-state index in [0.29, 0.717) is 34.0 Å². The van der Waals surface area contributed by atoms with Gasteiger partial charge in [0.05, 0.1) is 23.1 Å². The minimum Gasteiger partial charge on any atom is -0.500 e. The Labute approximate surface area is 390 Å². The summed E-state index contributed by atoms with van der Waals surface area (Å²) >= 11 is 0. The van der Waals surface area contributed by atoms with Crippen molar-refractivity contribution in [2.24, 2.45) is 0 Å². The van der Waals surface area contributed by atoms with Crippen LogP contribution in [0.25, 0.3) is 77.1 Å². The van der Waals surface area contributed by atoms with E-state index < -0.39 is 23.0 Å². The van der Waals surface area contributed by atoms with Crippen molar-refractivity contribution in [1.29, 1.82) is 0 Å². The quantitative estimate of drug-likeness (QED) is 0.0946. The van der Waals surface area contributed by atoms with Crippen molar-refractivity contribution in [3.05, 3.63) is 156 Å². The molecule has 3 heterocycles. The van der Waals surface area contributed by atoms with E-state index in [0.717, 1.165) is 43.9 Å². The van der Waals surface area contributed by atoms with E-state index in [-0.39, 0.29) is 37.0 Å². The zero-order chi connectivity index (χ0) is 46.8. The fourth-order valence-corrected chi connectivity index (χ4v) is 10.1. The molecule has 0 unspecified atom stereocenters. The number of rotatable bonds is 6. The fraction of sp³-hybridized carbons (Fsp3) is 0.250. The van der Waals surface area contributed by atoms with Gasteiger partial charge in [0.15, 0.2) is 0 Å². The van der Waals surface area contributed by atoms with Crippen LogP contribution < -0.4 is 10.4 Å². The van der Waals surface area contributed by atoms with Crippen molar-refractivity contribution in [3.63, 3.8) is 0 Å². The molecular formula is C56H58IrN2OSi2-2. The molecular weight excluding hydrogens is 965 g/mol. The van der Waals surface area contributed by atoms with Crippen molar-refractivity contribution in [2.75, 3.05) is 0 Å². The molecule has 0 spiro atoms. The second-order valence-electron chi connectivity index (χ2n) is 19.7. The molecule has 0 N–H and O–H groups in total. The monoisotopic (exact) mass is 1030 g/mol. The molecule has 0 atom stereocenters. The Morgan fingerprint density at radius 1 is 0.645 bits per heavy atom. The van der Waals surface area contributed by atoms with Gasteiger partial charge in [-0.15, -0.1) is 54.1 Å². The Morgan fingerprint density at radius 2 is 1.34 bits per heavy atom. The first-order valence-electron chi connectivity index (χ1n) is 23.3. The summed E-state index contributed by atoms with van der Waals surface area (Å²) in [5, 5.41) is 9.06. The normalized spacial score (nSPS) is 13.4.